The van der Waals surface area contributed by atoms with Crippen LogP contribution >= 0.6 is 11.6 Å². The zero-order valence-corrected chi connectivity index (χ0v) is 11.8. The normalized spacial score (nSPS) is 12.4. The summed E-state index contributed by atoms with van der Waals surface area (Å²) in [5, 5.41) is 3.61. The summed E-state index contributed by atoms with van der Waals surface area (Å²) in [5.74, 6) is -0.743. The molecule has 0 aliphatic rings. The Kier molecular flexibility index (Phi) is 5.04. The van der Waals surface area contributed by atoms with Crippen LogP contribution in [0.1, 0.15) is 24.2 Å². The highest BCUT2D eigenvalue weighted by Gasteiger charge is 2.18. The van der Waals surface area contributed by atoms with Gasteiger partial charge in [0.05, 0.1) is 11.7 Å². The number of hydrogen-bond acceptors (Lipinski definition) is 2. The van der Waals surface area contributed by atoms with E-state index in [9.17, 15) is 8.78 Å². The first-order valence-electron chi connectivity index (χ1n) is 6.39. The molecule has 0 fully saturated rings. The van der Waals surface area contributed by atoms with Crippen LogP contribution in [0.15, 0.2) is 36.5 Å². The molecule has 0 aliphatic carbocycles. The van der Waals surface area contributed by atoms with Crippen molar-refractivity contribution in [2.24, 2.45) is 0 Å². The fourth-order valence-electron chi connectivity index (χ4n) is 2.09. The maximum Gasteiger partial charge on any atom is 0.146 e. The van der Waals surface area contributed by atoms with Gasteiger partial charge in [0, 0.05) is 11.2 Å². The highest BCUT2D eigenvalue weighted by Crippen LogP contribution is 2.24. The van der Waals surface area contributed by atoms with Crippen LogP contribution in [0.4, 0.5) is 8.78 Å². The maximum atomic E-state index is 13.8. The lowest BCUT2D eigenvalue weighted by molar-refractivity contribution is 0.493. The fraction of sp³-hybridized carbons (Fsp3) is 0.267. The summed E-state index contributed by atoms with van der Waals surface area (Å²) in [4.78, 5) is 4.07. The Bertz CT molecular complexity index is 590. The van der Waals surface area contributed by atoms with Crippen LogP contribution in [-0.4, -0.2) is 11.5 Å². The molecule has 1 aromatic carbocycles. The largest absolute Gasteiger partial charge is 0.309 e. The molecule has 0 bridgehead atoms. The van der Waals surface area contributed by atoms with Gasteiger partial charge in [0.15, 0.2) is 0 Å². The Morgan fingerprint density at radius 2 is 2.10 bits per heavy atom. The summed E-state index contributed by atoms with van der Waals surface area (Å²) >= 11 is 6.06. The van der Waals surface area contributed by atoms with Crippen molar-refractivity contribution in [3.8, 4) is 0 Å². The molecular weight excluding hydrogens is 282 g/mol. The Morgan fingerprint density at radius 1 is 1.30 bits per heavy atom. The molecule has 0 spiro atoms. The summed E-state index contributed by atoms with van der Waals surface area (Å²) in [6, 6.07) is 6.73. The molecule has 1 heterocycles. The second-order valence-corrected chi connectivity index (χ2v) is 4.83. The number of rotatable bonds is 5. The van der Waals surface area contributed by atoms with Crippen molar-refractivity contribution in [2.75, 3.05) is 6.54 Å². The molecule has 20 heavy (non-hydrogen) atoms. The lowest BCUT2D eigenvalue weighted by Gasteiger charge is -2.18. The fourth-order valence-corrected chi connectivity index (χ4v) is 2.28. The van der Waals surface area contributed by atoms with E-state index in [1.165, 1.54) is 36.5 Å². The molecular formula is C15H15ClF2N2. The van der Waals surface area contributed by atoms with E-state index in [4.69, 9.17) is 11.6 Å². The van der Waals surface area contributed by atoms with Gasteiger partial charge in [-0.05, 0) is 48.9 Å². The molecule has 1 unspecified atom stereocenters. The van der Waals surface area contributed by atoms with Gasteiger partial charge in [-0.25, -0.2) is 8.78 Å². The van der Waals surface area contributed by atoms with Gasteiger partial charge < -0.3 is 5.32 Å². The molecule has 2 aromatic rings. The van der Waals surface area contributed by atoms with Gasteiger partial charge in [-0.1, -0.05) is 18.5 Å². The third-order valence-corrected chi connectivity index (χ3v) is 3.37. The van der Waals surface area contributed by atoms with Crippen LogP contribution in [-0.2, 0) is 6.42 Å². The Labute approximate surface area is 121 Å². The van der Waals surface area contributed by atoms with Gasteiger partial charge in [-0.3, -0.25) is 4.98 Å². The molecule has 0 saturated heterocycles. The minimum atomic E-state index is -0.383. The van der Waals surface area contributed by atoms with Crippen molar-refractivity contribution < 1.29 is 8.78 Å². The van der Waals surface area contributed by atoms with Gasteiger partial charge in [0.2, 0.25) is 0 Å². The number of hydrogen-bond donors (Lipinski definition) is 1. The van der Waals surface area contributed by atoms with Gasteiger partial charge in [-0.2, -0.15) is 0 Å². The van der Waals surface area contributed by atoms with Gasteiger partial charge in [0.25, 0.3) is 0 Å². The number of halogens is 3. The number of nitrogens with zero attached hydrogens (tertiary/aromatic N) is 1. The SMILES string of the molecule is CCNC(Cc1cc(F)ccc1Cl)c1ncccc1F. The first kappa shape index (κ1) is 14.9. The molecule has 1 N–H and O–H groups in total. The topological polar surface area (TPSA) is 24.9 Å². The average Bonchev–Trinajstić information content (AvgIpc) is 2.43. The predicted molar refractivity (Wildman–Crippen MR) is 75.7 cm³/mol. The van der Waals surface area contributed by atoms with Crippen molar-refractivity contribution in [3.05, 3.63) is 64.4 Å². The first-order chi connectivity index (χ1) is 9.61. The molecule has 5 heteroatoms. The van der Waals surface area contributed by atoms with Crippen LogP contribution in [0.2, 0.25) is 5.02 Å². The summed E-state index contributed by atoms with van der Waals surface area (Å²) in [7, 11) is 0. The minimum Gasteiger partial charge on any atom is -0.309 e. The molecule has 2 nitrogen and oxygen atoms in total. The zero-order chi connectivity index (χ0) is 14.5. The smallest absolute Gasteiger partial charge is 0.146 e. The molecule has 0 saturated carbocycles. The van der Waals surface area contributed by atoms with Crippen LogP contribution in [0.25, 0.3) is 0 Å². The third kappa shape index (κ3) is 3.52. The number of likely N-dealkylation sites (N-methyl/N-ethyl adjacent to an activating group) is 1. The van der Waals surface area contributed by atoms with Crippen LogP contribution < -0.4 is 5.32 Å². The van der Waals surface area contributed by atoms with Gasteiger partial charge in [0.1, 0.15) is 11.6 Å². The van der Waals surface area contributed by atoms with Gasteiger partial charge >= 0.3 is 0 Å². The minimum absolute atomic E-state index is 0.315. The summed E-state index contributed by atoms with van der Waals surface area (Å²) in [6.45, 7) is 2.56. The van der Waals surface area contributed by atoms with E-state index >= 15 is 0 Å². The highest BCUT2D eigenvalue weighted by atomic mass is 35.5. The van der Waals surface area contributed by atoms with Gasteiger partial charge in [-0.15, -0.1) is 0 Å². The lowest BCUT2D eigenvalue weighted by Crippen LogP contribution is -2.25. The van der Waals surface area contributed by atoms with E-state index in [0.29, 0.717) is 29.2 Å². The zero-order valence-electron chi connectivity index (χ0n) is 11.0. The molecule has 0 aliphatic heterocycles. The Morgan fingerprint density at radius 3 is 2.80 bits per heavy atom. The number of aromatic nitrogens is 1. The second-order valence-electron chi connectivity index (χ2n) is 4.42. The first-order valence-corrected chi connectivity index (χ1v) is 6.77. The number of nitrogens with one attached hydrogen (secondary N) is 1. The maximum absolute atomic E-state index is 13.8. The average molecular weight is 297 g/mol. The van der Waals surface area contributed by atoms with E-state index in [1.807, 2.05) is 6.92 Å². The van der Waals surface area contributed by atoms with Crippen LogP contribution in [0, 0.1) is 11.6 Å². The number of benzene rings is 1. The molecule has 0 amide bonds. The standard InChI is InChI=1S/C15H15ClF2N2/c1-2-19-14(15-13(18)4-3-7-20-15)9-10-8-11(17)5-6-12(10)16/h3-8,14,19H,2,9H2,1H3. The number of pyridine rings is 1. The summed E-state index contributed by atoms with van der Waals surface area (Å²) < 4.78 is 27.1. The van der Waals surface area contributed by atoms with Crippen molar-refractivity contribution in [1.29, 1.82) is 0 Å². The van der Waals surface area contributed by atoms with E-state index < -0.39 is 0 Å². The third-order valence-electron chi connectivity index (χ3n) is 3.00. The monoisotopic (exact) mass is 296 g/mol. The Hall–Kier alpha value is -1.52. The molecule has 2 rings (SSSR count). The van der Waals surface area contributed by atoms with E-state index in [0.717, 1.165) is 0 Å². The van der Waals surface area contributed by atoms with Crippen LogP contribution in [0.3, 0.4) is 0 Å². The van der Waals surface area contributed by atoms with Crippen molar-refractivity contribution in [3.63, 3.8) is 0 Å². The van der Waals surface area contributed by atoms with E-state index in [2.05, 4.69) is 10.3 Å². The van der Waals surface area contributed by atoms with Crippen molar-refractivity contribution in [2.45, 2.75) is 19.4 Å². The predicted octanol–water partition coefficient (Wildman–Crippen LogP) is 3.91. The molecule has 106 valence electrons. The van der Waals surface area contributed by atoms with E-state index in [-0.39, 0.29) is 17.7 Å². The Balaban J connectivity index is 2.30. The van der Waals surface area contributed by atoms with Crippen molar-refractivity contribution in [1.82, 2.24) is 10.3 Å². The quantitative estimate of drug-likeness (QED) is 0.905. The lowest BCUT2D eigenvalue weighted by atomic mass is 10.0. The highest BCUT2D eigenvalue weighted by molar-refractivity contribution is 6.31. The van der Waals surface area contributed by atoms with E-state index in [1.54, 1.807) is 0 Å². The second kappa shape index (κ2) is 6.77. The molecule has 0 radical (unpaired) electrons. The van der Waals surface area contributed by atoms with Crippen molar-refractivity contribution >= 4 is 11.6 Å². The van der Waals surface area contributed by atoms with Crippen LogP contribution in [0.5, 0.6) is 0 Å². The molecule has 1 atom stereocenters. The molecule has 1 aromatic heterocycles. The summed E-state index contributed by atoms with van der Waals surface area (Å²) in [6.07, 6.45) is 1.91. The summed E-state index contributed by atoms with van der Waals surface area (Å²) in [5.41, 5.74) is 0.942.